The summed E-state index contributed by atoms with van der Waals surface area (Å²) in [5.41, 5.74) is 0. The molecule has 2 heterocycles. The summed E-state index contributed by atoms with van der Waals surface area (Å²) < 4.78 is 0. The first kappa shape index (κ1) is 17.7. The smallest absolute Gasteiger partial charge is 0.225 e. The van der Waals surface area contributed by atoms with Gasteiger partial charge in [-0.05, 0) is 24.3 Å². The molecule has 6 heteroatoms. The maximum absolute atomic E-state index is 12.0. The molecule has 0 atom stereocenters. The monoisotopic (exact) mass is 336 g/mol. The molecule has 0 bridgehead atoms. The average Bonchev–Trinajstić information content (AvgIpc) is 3.07. The van der Waals surface area contributed by atoms with E-state index in [2.05, 4.69) is 5.32 Å². The largest absolute Gasteiger partial charge is 0.353 e. The van der Waals surface area contributed by atoms with Gasteiger partial charge < -0.3 is 10.2 Å². The first-order chi connectivity index (χ1) is 11.0. The fraction of sp³-hybridized carbons (Fsp3) is 0.588. The molecule has 1 N–H and O–H groups in total. The van der Waals surface area contributed by atoms with Gasteiger partial charge in [-0.3, -0.25) is 14.4 Å². The van der Waals surface area contributed by atoms with Crippen LogP contribution in [0.2, 0.25) is 0 Å². The number of piperidine rings is 1. The third-order valence-corrected chi connectivity index (χ3v) is 4.95. The van der Waals surface area contributed by atoms with Gasteiger partial charge in [-0.1, -0.05) is 19.9 Å². The lowest BCUT2D eigenvalue weighted by Gasteiger charge is -2.33. The van der Waals surface area contributed by atoms with Crippen LogP contribution in [0, 0.1) is 5.92 Å². The highest BCUT2D eigenvalue weighted by Gasteiger charge is 2.25. The van der Waals surface area contributed by atoms with E-state index < -0.39 is 0 Å². The SMILES string of the molecule is CC(C)C(=O)N1CCC(NC(=O)CCC(=O)c2cccs2)CC1. The van der Waals surface area contributed by atoms with Crippen LogP contribution in [0.3, 0.4) is 0 Å². The number of carbonyl (C=O) groups is 3. The molecule has 1 aliphatic heterocycles. The Kier molecular flexibility index (Phi) is 6.33. The molecule has 1 fully saturated rings. The fourth-order valence-corrected chi connectivity index (χ4v) is 3.39. The highest BCUT2D eigenvalue weighted by atomic mass is 32.1. The Hall–Kier alpha value is -1.69. The summed E-state index contributed by atoms with van der Waals surface area (Å²) in [6, 6.07) is 3.73. The van der Waals surface area contributed by atoms with Crippen molar-refractivity contribution in [2.24, 2.45) is 5.92 Å². The Morgan fingerprint density at radius 2 is 1.96 bits per heavy atom. The summed E-state index contributed by atoms with van der Waals surface area (Å²) in [5, 5.41) is 4.84. The minimum Gasteiger partial charge on any atom is -0.353 e. The number of nitrogens with one attached hydrogen (secondary N) is 1. The van der Waals surface area contributed by atoms with E-state index in [0.29, 0.717) is 18.0 Å². The van der Waals surface area contributed by atoms with Crippen LogP contribution in [0.5, 0.6) is 0 Å². The van der Waals surface area contributed by atoms with Crippen molar-refractivity contribution >= 4 is 28.9 Å². The molecule has 0 spiro atoms. The molecule has 1 aliphatic rings. The summed E-state index contributed by atoms with van der Waals surface area (Å²) in [5.74, 6) is 0.136. The topological polar surface area (TPSA) is 66.5 Å². The van der Waals surface area contributed by atoms with Gasteiger partial charge in [0, 0.05) is 37.9 Å². The van der Waals surface area contributed by atoms with Crippen molar-refractivity contribution in [2.45, 2.75) is 45.6 Å². The van der Waals surface area contributed by atoms with Crippen LogP contribution in [-0.2, 0) is 9.59 Å². The zero-order valence-electron chi connectivity index (χ0n) is 13.7. The molecular formula is C17H24N2O3S. The molecule has 126 valence electrons. The number of likely N-dealkylation sites (tertiary alicyclic amines) is 1. The summed E-state index contributed by atoms with van der Waals surface area (Å²) in [6.07, 6.45) is 2.03. The van der Waals surface area contributed by atoms with Gasteiger partial charge in [0.05, 0.1) is 4.88 Å². The highest BCUT2D eigenvalue weighted by molar-refractivity contribution is 7.12. The van der Waals surface area contributed by atoms with Gasteiger partial charge in [0.1, 0.15) is 0 Å². The van der Waals surface area contributed by atoms with Crippen molar-refractivity contribution in [1.29, 1.82) is 0 Å². The van der Waals surface area contributed by atoms with Crippen LogP contribution < -0.4 is 5.32 Å². The first-order valence-electron chi connectivity index (χ1n) is 8.12. The summed E-state index contributed by atoms with van der Waals surface area (Å²) in [7, 11) is 0. The number of thiophene rings is 1. The zero-order chi connectivity index (χ0) is 16.8. The van der Waals surface area contributed by atoms with Crippen LogP contribution in [0.4, 0.5) is 0 Å². The maximum atomic E-state index is 12.0. The maximum Gasteiger partial charge on any atom is 0.225 e. The van der Waals surface area contributed by atoms with Gasteiger partial charge in [-0.25, -0.2) is 0 Å². The minimum absolute atomic E-state index is 0.0180. The van der Waals surface area contributed by atoms with E-state index in [1.165, 1.54) is 11.3 Å². The molecule has 0 unspecified atom stereocenters. The van der Waals surface area contributed by atoms with Crippen molar-refractivity contribution < 1.29 is 14.4 Å². The Morgan fingerprint density at radius 3 is 2.52 bits per heavy atom. The first-order valence-corrected chi connectivity index (χ1v) is 9.00. The predicted molar refractivity (Wildman–Crippen MR) is 90.5 cm³/mol. The lowest BCUT2D eigenvalue weighted by atomic mass is 10.0. The third kappa shape index (κ3) is 5.16. The van der Waals surface area contributed by atoms with E-state index in [1.54, 1.807) is 6.07 Å². The van der Waals surface area contributed by atoms with E-state index in [1.807, 2.05) is 30.2 Å². The van der Waals surface area contributed by atoms with Crippen molar-refractivity contribution in [2.75, 3.05) is 13.1 Å². The number of amides is 2. The van der Waals surface area contributed by atoms with Gasteiger partial charge in [-0.2, -0.15) is 0 Å². The van der Waals surface area contributed by atoms with Crippen molar-refractivity contribution in [3.8, 4) is 0 Å². The average molecular weight is 336 g/mol. The molecule has 0 aliphatic carbocycles. The lowest BCUT2D eigenvalue weighted by molar-refractivity contribution is -0.135. The number of carbonyl (C=O) groups excluding carboxylic acids is 3. The Bertz CT molecular complexity index is 546. The van der Waals surface area contributed by atoms with Gasteiger partial charge in [-0.15, -0.1) is 11.3 Å². The van der Waals surface area contributed by atoms with E-state index in [9.17, 15) is 14.4 Å². The number of Topliss-reactive ketones (excluding diaryl/α,β-unsaturated/α-hetero) is 1. The molecule has 5 nitrogen and oxygen atoms in total. The van der Waals surface area contributed by atoms with Gasteiger partial charge >= 0.3 is 0 Å². The van der Waals surface area contributed by atoms with Gasteiger partial charge in [0.25, 0.3) is 0 Å². The van der Waals surface area contributed by atoms with E-state index in [4.69, 9.17) is 0 Å². The summed E-state index contributed by atoms with van der Waals surface area (Å²) >= 11 is 1.40. The molecule has 2 amide bonds. The van der Waals surface area contributed by atoms with E-state index in [0.717, 1.165) is 12.8 Å². The summed E-state index contributed by atoms with van der Waals surface area (Å²) in [4.78, 5) is 38.3. The Balaban J connectivity index is 1.69. The molecule has 1 saturated heterocycles. The standard InChI is InChI=1S/C17H24N2O3S/c1-12(2)17(22)19-9-7-13(8-10-19)18-16(21)6-5-14(20)15-4-3-11-23-15/h3-4,11-13H,5-10H2,1-2H3,(H,18,21). The molecular weight excluding hydrogens is 312 g/mol. The molecule has 0 saturated carbocycles. The summed E-state index contributed by atoms with van der Waals surface area (Å²) in [6.45, 7) is 5.19. The molecule has 1 aromatic heterocycles. The fourth-order valence-electron chi connectivity index (χ4n) is 2.70. The van der Waals surface area contributed by atoms with Crippen LogP contribution in [-0.4, -0.2) is 41.6 Å². The molecule has 2 rings (SSSR count). The van der Waals surface area contributed by atoms with Gasteiger partial charge in [0.2, 0.25) is 11.8 Å². The Morgan fingerprint density at radius 1 is 1.26 bits per heavy atom. The second-order valence-corrected chi connectivity index (χ2v) is 7.17. The van der Waals surface area contributed by atoms with Crippen molar-refractivity contribution in [3.05, 3.63) is 22.4 Å². The number of rotatable bonds is 6. The zero-order valence-corrected chi connectivity index (χ0v) is 14.5. The van der Waals surface area contributed by atoms with E-state index in [-0.39, 0.29) is 42.4 Å². The van der Waals surface area contributed by atoms with Crippen LogP contribution in [0.15, 0.2) is 17.5 Å². The third-order valence-electron chi connectivity index (χ3n) is 4.04. The number of hydrogen-bond donors (Lipinski definition) is 1. The number of ketones is 1. The molecule has 23 heavy (non-hydrogen) atoms. The van der Waals surface area contributed by atoms with E-state index >= 15 is 0 Å². The molecule has 1 aromatic rings. The number of nitrogens with zero attached hydrogens (tertiary/aromatic N) is 1. The van der Waals surface area contributed by atoms with Crippen molar-refractivity contribution in [3.63, 3.8) is 0 Å². The second kappa shape index (κ2) is 8.24. The second-order valence-electron chi connectivity index (χ2n) is 6.22. The predicted octanol–water partition coefficient (Wildman–Crippen LogP) is 2.47. The van der Waals surface area contributed by atoms with Crippen LogP contribution >= 0.6 is 11.3 Å². The Labute approximate surface area is 141 Å². The molecule has 0 radical (unpaired) electrons. The van der Waals surface area contributed by atoms with Crippen molar-refractivity contribution in [1.82, 2.24) is 10.2 Å². The molecule has 0 aromatic carbocycles. The normalized spacial score (nSPS) is 15.7. The minimum atomic E-state index is -0.0801. The van der Waals surface area contributed by atoms with Crippen LogP contribution in [0.1, 0.15) is 49.2 Å². The van der Waals surface area contributed by atoms with Gasteiger partial charge in [0.15, 0.2) is 5.78 Å². The number of hydrogen-bond acceptors (Lipinski definition) is 4. The van der Waals surface area contributed by atoms with Crippen LogP contribution in [0.25, 0.3) is 0 Å². The highest BCUT2D eigenvalue weighted by Crippen LogP contribution is 2.15. The quantitative estimate of drug-likeness (QED) is 0.812. The lowest BCUT2D eigenvalue weighted by Crippen LogP contribution is -2.47.